The van der Waals surface area contributed by atoms with Crippen LogP contribution in [0.15, 0.2) is 0 Å². The third kappa shape index (κ3) is 1.99. The summed E-state index contributed by atoms with van der Waals surface area (Å²) in [5.41, 5.74) is 0. The molecule has 0 N–H and O–H groups in total. The Morgan fingerprint density at radius 2 is 2.00 bits per heavy atom. The maximum Gasteiger partial charge on any atom is 0.135 e. The fourth-order valence-corrected chi connectivity index (χ4v) is 2.21. The number of nitrogens with zero attached hydrogens (tertiary/aromatic N) is 2. The molecule has 12 heavy (non-hydrogen) atoms. The molecule has 1 aliphatic rings. The highest BCUT2D eigenvalue weighted by atomic mass is 15.5. The summed E-state index contributed by atoms with van der Waals surface area (Å²) < 4.78 is 1.20. The van der Waals surface area contributed by atoms with E-state index in [0.29, 0.717) is 0 Å². The monoisotopic (exact) mass is 171 g/mol. The van der Waals surface area contributed by atoms with Gasteiger partial charge >= 0.3 is 0 Å². The Bertz CT molecular complexity index is 143. The van der Waals surface area contributed by atoms with Crippen molar-refractivity contribution in [3.63, 3.8) is 0 Å². The second-order valence-corrected chi connectivity index (χ2v) is 4.53. The lowest BCUT2D eigenvalue weighted by atomic mass is 10.1. The molecule has 0 aliphatic carbocycles. The quantitative estimate of drug-likeness (QED) is 0.582. The summed E-state index contributed by atoms with van der Waals surface area (Å²) in [5.74, 6) is 0. The van der Waals surface area contributed by atoms with Gasteiger partial charge in [-0.2, -0.15) is 0 Å². The third-order valence-electron chi connectivity index (χ3n) is 3.09. The van der Waals surface area contributed by atoms with Crippen molar-refractivity contribution < 1.29 is 4.48 Å². The summed E-state index contributed by atoms with van der Waals surface area (Å²) in [6.45, 7) is 8.29. The van der Waals surface area contributed by atoms with Gasteiger partial charge in [0.2, 0.25) is 0 Å². The van der Waals surface area contributed by atoms with Crippen LogP contribution < -0.4 is 0 Å². The van der Waals surface area contributed by atoms with Gasteiger partial charge in [0, 0.05) is 13.0 Å². The summed E-state index contributed by atoms with van der Waals surface area (Å²) in [4.78, 5) is 2.56. The van der Waals surface area contributed by atoms with Gasteiger partial charge in [0.1, 0.15) is 12.7 Å². The Labute approximate surface area is 76.7 Å². The highest BCUT2D eigenvalue weighted by Crippen LogP contribution is 2.21. The second-order valence-electron chi connectivity index (χ2n) is 4.53. The number of hydrogen-bond acceptors (Lipinski definition) is 1. The maximum absolute atomic E-state index is 2.56. The van der Waals surface area contributed by atoms with E-state index in [0.717, 1.165) is 6.04 Å². The zero-order chi connectivity index (χ0) is 9.19. The maximum atomic E-state index is 2.56. The van der Waals surface area contributed by atoms with Gasteiger partial charge in [-0.05, 0) is 0 Å². The molecule has 0 amide bonds. The molecular formula is C10H23N2+. The van der Waals surface area contributed by atoms with E-state index in [-0.39, 0.29) is 0 Å². The van der Waals surface area contributed by atoms with Crippen LogP contribution in [0.1, 0.15) is 26.7 Å². The van der Waals surface area contributed by atoms with Crippen molar-refractivity contribution in [3.8, 4) is 0 Å². The van der Waals surface area contributed by atoms with Crippen LogP contribution in [0.2, 0.25) is 0 Å². The third-order valence-corrected chi connectivity index (χ3v) is 3.09. The van der Waals surface area contributed by atoms with Crippen LogP contribution in [0.25, 0.3) is 0 Å². The molecule has 1 unspecified atom stereocenters. The normalized spacial score (nSPS) is 29.5. The molecule has 1 atom stereocenters. The Morgan fingerprint density at radius 1 is 1.33 bits per heavy atom. The second kappa shape index (κ2) is 3.75. The molecule has 1 heterocycles. The molecule has 1 aliphatic heterocycles. The van der Waals surface area contributed by atoms with E-state index in [4.69, 9.17) is 0 Å². The Morgan fingerprint density at radius 3 is 2.42 bits per heavy atom. The first-order chi connectivity index (χ1) is 5.60. The molecule has 1 saturated heterocycles. The summed E-state index contributed by atoms with van der Waals surface area (Å²) >= 11 is 0. The number of hydrogen-bond donors (Lipinski definition) is 0. The average molecular weight is 171 g/mol. The van der Waals surface area contributed by atoms with Gasteiger partial charge in [0.25, 0.3) is 0 Å². The predicted octanol–water partition coefficient (Wildman–Crippen LogP) is 1.52. The Hall–Kier alpha value is -0.0800. The summed E-state index contributed by atoms with van der Waals surface area (Å²) in [6.07, 6.45) is 2.70. The molecule has 0 saturated carbocycles. The molecule has 72 valence electrons. The van der Waals surface area contributed by atoms with Crippen molar-refractivity contribution in [2.24, 2.45) is 0 Å². The lowest BCUT2D eigenvalue weighted by molar-refractivity contribution is -0.905. The van der Waals surface area contributed by atoms with Crippen LogP contribution in [0, 0.1) is 0 Å². The minimum absolute atomic E-state index is 0.870. The largest absolute Gasteiger partial charge is 0.312 e. The van der Waals surface area contributed by atoms with Crippen molar-refractivity contribution >= 4 is 0 Å². The van der Waals surface area contributed by atoms with Gasteiger partial charge in [0.05, 0.1) is 20.6 Å². The molecule has 1 rings (SSSR count). The molecule has 2 heteroatoms. The first-order valence-corrected chi connectivity index (χ1v) is 5.15. The minimum Gasteiger partial charge on any atom is -0.312 e. The molecule has 2 nitrogen and oxygen atoms in total. The van der Waals surface area contributed by atoms with Gasteiger partial charge < -0.3 is 4.48 Å². The summed E-state index contributed by atoms with van der Waals surface area (Å²) in [7, 11) is 4.71. The van der Waals surface area contributed by atoms with Crippen LogP contribution in [0.5, 0.6) is 0 Å². The van der Waals surface area contributed by atoms with Crippen LogP contribution in [-0.2, 0) is 0 Å². The molecule has 0 spiro atoms. The van der Waals surface area contributed by atoms with Crippen LogP contribution in [-0.4, -0.2) is 49.3 Å². The minimum atomic E-state index is 0.870. The lowest BCUT2D eigenvalue weighted by Crippen LogP contribution is -2.45. The van der Waals surface area contributed by atoms with Crippen LogP contribution in [0.4, 0.5) is 0 Å². The number of likely N-dealkylation sites (N-methyl/N-ethyl adjacent to an activating group) is 2. The molecule has 0 radical (unpaired) electrons. The first kappa shape index (κ1) is 10.0. The summed E-state index contributed by atoms with van der Waals surface area (Å²) in [5, 5.41) is 0. The van der Waals surface area contributed by atoms with Crippen molar-refractivity contribution in [2.45, 2.75) is 32.7 Å². The Kier molecular flexibility index (Phi) is 3.13. The van der Waals surface area contributed by atoms with E-state index in [1.54, 1.807) is 0 Å². The van der Waals surface area contributed by atoms with E-state index >= 15 is 0 Å². The van der Waals surface area contributed by atoms with E-state index in [2.05, 4.69) is 32.8 Å². The topological polar surface area (TPSA) is 3.24 Å². The molecule has 1 fully saturated rings. The SMILES string of the molecule is CCCC1CN(CC)C[N+]1(C)C. The van der Waals surface area contributed by atoms with E-state index in [1.807, 2.05) is 0 Å². The number of quaternary nitrogens is 1. The van der Waals surface area contributed by atoms with Crippen molar-refractivity contribution in [1.82, 2.24) is 4.90 Å². The van der Waals surface area contributed by atoms with Crippen LogP contribution in [0.3, 0.4) is 0 Å². The highest BCUT2D eigenvalue weighted by Gasteiger charge is 2.37. The van der Waals surface area contributed by atoms with Gasteiger partial charge in [0.15, 0.2) is 0 Å². The molecular weight excluding hydrogens is 148 g/mol. The van der Waals surface area contributed by atoms with Crippen LogP contribution >= 0.6 is 0 Å². The number of rotatable bonds is 3. The van der Waals surface area contributed by atoms with Crippen molar-refractivity contribution in [2.75, 3.05) is 33.9 Å². The van der Waals surface area contributed by atoms with Gasteiger partial charge in [-0.15, -0.1) is 0 Å². The molecule has 0 aromatic heterocycles. The molecule has 0 aromatic rings. The van der Waals surface area contributed by atoms with E-state index in [9.17, 15) is 0 Å². The van der Waals surface area contributed by atoms with E-state index in [1.165, 1.54) is 37.1 Å². The standard InChI is InChI=1S/C10H23N2/c1-5-7-10-8-11(6-2)9-12(10,3)4/h10H,5-9H2,1-4H3/q+1. The first-order valence-electron chi connectivity index (χ1n) is 5.15. The van der Waals surface area contributed by atoms with Gasteiger partial charge in [-0.3, -0.25) is 4.90 Å². The molecule has 0 bridgehead atoms. The Balaban J connectivity index is 2.51. The highest BCUT2D eigenvalue weighted by molar-refractivity contribution is 4.69. The van der Waals surface area contributed by atoms with Gasteiger partial charge in [-0.25, -0.2) is 0 Å². The smallest absolute Gasteiger partial charge is 0.135 e. The van der Waals surface area contributed by atoms with E-state index < -0.39 is 0 Å². The zero-order valence-corrected chi connectivity index (χ0v) is 9.01. The predicted molar refractivity (Wildman–Crippen MR) is 52.9 cm³/mol. The fraction of sp³-hybridized carbons (Fsp3) is 1.00. The lowest BCUT2D eigenvalue weighted by Gasteiger charge is -2.30. The zero-order valence-electron chi connectivity index (χ0n) is 9.01. The van der Waals surface area contributed by atoms with Gasteiger partial charge in [-0.1, -0.05) is 20.3 Å². The fourth-order valence-electron chi connectivity index (χ4n) is 2.21. The average Bonchev–Trinajstić information content (AvgIpc) is 2.28. The molecule has 0 aromatic carbocycles. The summed E-state index contributed by atoms with van der Waals surface area (Å²) in [6, 6.07) is 0.870. The van der Waals surface area contributed by atoms with Crippen molar-refractivity contribution in [3.05, 3.63) is 0 Å². The van der Waals surface area contributed by atoms with Crippen molar-refractivity contribution in [1.29, 1.82) is 0 Å².